The lowest BCUT2D eigenvalue weighted by Crippen LogP contribution is -2.37. The number of aryl methyl sites for hydroxylation is 1. The number of fused-ring (bicyclic) bond motifs is 3. The van der Waals surface area contributed by atoms with E-state index in [-0.39, 0.29) is 45.9 Å². The second-order valence-corrected chi connectivity index (χ2v) is 14.6. The van der Waals surface area contributed by atoms with Crippen LogP contribution in [0.5, 0.6) is 0 Å². The number of carbonyl (C=O) groups is 1. The van der Waals surface area contributed by atoms with E-state index in [0.29, 0.717) is 46.1 Å². The van der Waals surface area contributed by atoms with Gasteiger partial charge in [-0.05, 0) is 75.3 Å². The van der Waals surface area contributed by atoms with Crippen LogP contribution < -0.4 is 5.32 Å². The molecule has 2 aromatic carbocycles. The van der Waals surface area contributed by atoms with Crippen molar-refractivity contribution >= 4 is 50.9 Å². The number of hydrogen-bond donors (Lipinski definition) is 2. The van der Waals surface area contributed by atoms with Gasteiger partial charge in [-0.1, -0.05) is 49.2 Å². The first-order chi connectivity index (χ1) is 22.0. The summed E-state index contributed by atoms with van der Waals surface area (Å²) < 4.78 is 19.4. The van der Waals surface area contributed by atoms with Crippen LogP contribution in [0.15, 0.2) is 30.3 Å². The summed E-state index contributed by atoms with van der Waals surface area (Å²) in [4.78, 5) is 20.7. The van der Waals surface area contributed by atoms with Crippen LogP contribution in [-0.2, 0) is 11.2 Å². The van der Waals surface area contributed by atoms with Crippen molar-refractivity contribution in [3.05, 3.63) is 63.1 Å². The molecule has 1 amide bonds. The number of halogens is 3. The Kier molecular flexibility index (Phi) is 8.04. The molecule has 7 rings (SSSR count). The summed E-state index contributed by atoms with van der Waals surface area (Å²) in [6.07, 6.45) is 3.03. The molecular weight excluding hydrogens is 624 g/mol. The Balaban J connectivity index is 1.55. The van der Waals surface area contributed by atoms with Gasteiger partial charge in [0.1, 0.15) is 5.52 Å². The van der Waals surface area contributed by atoms with E-state index < -0.39 is 11.9 Å². The molecule has 0 radical (unpaired) electrons. The fourth-order valence-electron chi connectivity index (χ4n) is 7.68. The molecule has 240 valence electrons. The molecule has 4 aromatic rings. The molecule has 2 saturated heterocycles. The number of pyridine rings is 1. The van der Waals surface area contributed by atoms with Gasteiger partial charge in [-0.15, -0.1) is 0 Å². The number of benzene rings is 2. The molecule has 4 unspecified atom stereocenters. The van der Waals surface area contributed by atoms with Crippen molar-refractivity contribution < 1.29 is 14.3 Å². The molecule has 0 spiro atoms. The minimum atomic E-state index is -0.973. The second kappa shape index (κ2) is 11.8. The predicted molar refractivity (Wildman–Crippen MR) is 179 cm³/mol. The number of nitriles is 1. The first kappa shape index (κ1) is 31.4. The van der Waals surface area contributed by atoms with Crippen molar-refractivity contribution in [2.45, 2.75) is 77.5 Å². The maximum absolute atomic E-state index is 17.1. The lowest BCUT2D eigenvalue weighted by Gasteiger charge is -2.30. The van der Waals surface area contributed by atoms with E-state index >= 15 is 4.39 Å². The molecule has 46 heavy (non-hydrogen) atoms. The summed E-state index contributed by atoms with van der Waals surface area (Å²) in [5.41, 5.74) is 3.35. The summed E-state index contributed by atoms with van der Waals surface area (Å²) in [5, 5.41) is 26.0. The molecule has 3 fully saturated rings. The number of aliphatic hydroxyl groups excluding tert-OH is 1. The Morgan fingerprint density at radius 3 is 2.74 bits per heavy atom. The Labute approximate surface area is 278 Å². The second-order valence-electron chi connectivity index (χ2n) is 13.8. The topological polar surface area (TPSA) is 94.2 Å². The molecule has 2 aromatic heterocycles. The van der Waals surface area contributed by atoms with E-state index in [4.69, 9.17) is 28.2 Å². The Morgan fingerprint density at radius 2 is 2.07 bits per heavy atom. The maximum Gasteiger partial charge on any atom is 0.229 e. The lowest BCUT2D eigenvalue weighted by molar-refractivity contribution is -0.137. The number of carbonyl (C=O) groups excluding carboxylic acids is 1. The van der Waals surface area contributed by atoms with E-state index in [1.807, 2.05) is 6.07 Å². The quantitative estimate of drug-likeness (QED) is 0.209. The zero-order valence-electron chi connectivity index (χ0n) is 26.3. The van der Waals surface area contributed by atoms with Crippen LogP contribution in [0.1, 0.15) is 88.0 Å². The number of amides is 1. The Bertz CT molecular complexity index is 1920. The third-order valence-corrected chi connectivity index (χ3v) is 11.1. The SMILES string of the molecule is CC1CC(c2cc3c(C(C)O)nc4c(F)c(-c5cccc(Cl)c5Cl)c(CCC#N)cc4c3n2C2CCNC2)N(C(=O)C2(C)CC2)C1. The van der Waals surface area contributed by atoms with Crippen molar-refractivity contribution in [1.82, 2.24) is 19.8 Å². The zero-order chi connectivity index (χ0) is 32.5. The van der Waals surface area contributed by atoms with Crippen LogP contribution in [0.2, 0.25) is 10.0 Å². The van der Waals surface area contributed by atoms with E-state index in [1.54, 1.807) is 25.1 Å². The molecular formula is C36H38Cl2FN5O2. The first-order valence-electron chi connectivity index (χ1n) is 16.2. The van der Waals surface area contributed by atoms with Crippen molar-refractivity contribution in [3.63, 3.8) is 0 Å². The van der Waals surface area contributed by atoms with Crippen molar-refractivity contribution in [3.8, 4) is 17.2 Å². The third kappa shape index (κ3) is 5.07. The van der Waals surface area contributed by atoms with Crippen LogP contribution in [0.25, 0.3) is 32.9 Å². The number of rotatable bonds is 7. The number of nitrogens with one attached hydrogen (secondary N) is 1. The fraction of sp³-hybridized carbons (Fsp3) is 0.472. The molecule has 1 saturated carbocycles. The van der Waals surface area contributed by atoms with Crippen LogP contribution in [0.3, 0.4) is 0 Å². The summed E-state index contributed by atoms with van der Waals surface area (Å²) in [6, 6.07) is 11.3. The van der Waals surface area contributed by atoms with Crippen LogP contribution in [0.4, 0.5) is 4.39 Å². The number of nitrogens with zero attached hydrogens (tertiary/aromatic N) is 4. The van der Waals surface area contributed by atoms with Gasteiger partial charge in [-0.2, -0.15) is 5.26 Å². The van der Waals surface area contributed by atoms with Crippen LogP contribution in [-0.4, -0.2) is 45.1 Å². The van der Waals surface area contributed by atoms with Gasteiger partial charge in [0.2, 0.25) is 5.91 Å². The molecule has 2 aliphatic heterocycles. The molecule has 2 N–H and O–H groups in total. The smallest absolute Gasteiger partial charge is 0.229 e. The predicted octanol–water partition coefficient (Wildman–Crippen LogP) is 8.06. The van der Waals surface area contributed by atoms with Crippen LogP contribution >= 0.6 is 23.2 Å². The number of aliphatic hydroxyl groups is 1. The van der Waals surface area contributed by atoms with Gasteiger partial charge in [0.25, 0.3) is 0 Å². The van der Waals surface area contributed by atoms with Gasteiger partial charge in [0.15, 0.2) is 5.82 Å². The largest absolute Gasteiger partial charge is 0.387 e. The monoisotopic (exact) mass is 661 g/mol. The number of likely N-dealkylation sites (tertiary alicyclic amines) is 1. The molecule has 4 heterocycles. The van der Waals surface area contributed by atoms with Gasteiger partial charge in [-0.3, -0.25) is 4.79 Å². The normalized spacial score (nSPS) is 22.9. The molecule has 7 nitrogen and oxygen atoms in total. The summed E-state index contributed by atoms with van der Waals surface area (Å²) >= 11 is 13.0. The van der Waals surface area contributed by atoms with Gasteiger partial charge in [0.05, 0.1) is 39.5 Å². The summed E-state index contributed by atoms with van der Waals surface area (Å²) in [7, 11) is 0. The summed E-state index contributed by atoms with van der Waals surface area (Å²) in [5.74, 6) is -0.0318. The number of aromatic nitrogens is 2. The minimum absolute atomic E-state index is 0.0667. The molecule has 4 atom stereocenters. The lowest BCUT2D eigenvalue weighted by atomic mass is 9.92. The van der Waals surface area contributed by atoms with Crippen molar-refractivity contribution in [1.29, 1.82) is 5.26 Å². The summed E-state index contributed by atoms with van der Waals surface area (Å²) in [6.45, 7) is 8.18. The minimum Gasteiger partial charge on any atom is -0.387 e. The fourth-order valence-corrected chi connectivity index (χ4v) is 8.08. The third-order valence-electron chi connectivity index (χ3n) is 10.3. The molecule has 10 heteroatoms. The van der Waals surface area contributed by atoms with E-state index in [9.17, 15) is 15.2 Å². The number of hydrogen-bond acceptors (Lipinski definition) is 5. The van der Waals surface area contributed by atoms with Gasteiger partial charge >= 0.3 is 0 Å². The van der Waals surface area contributed by atoms with Crippen molar-refractivity contribution in [2.75, 3.05) is 19.6 Å². The Hall–Kier alpha value is -3.22. The van der Waals surface area contributed by atoms with Crippen molar-refractivity contribution in [2.24, 2.45) is 11.3 Å². The average molecular weight is 663 g/mol. The highest BCUT2D eigenvalue weighted by Crippen LogP contribution is 2.51. The maximum atomic E-state index is 17.1. The highest BCUT2D eigenvalue weighted by molar-refractivity contribution is 6.43. The van der Waals surface area contributed by atoms with E-state index in [1.165, 1.54) is 0 Å². The zero-order valence-corrected chi connectivity index (χ0v) is 27.9. The molecule has 1 aliphatic carbocycles. The van der Waals surface area contributed by atoms with Crippen LogP contribution in [0, 0.1) is 28.5 Å². The standard InChI is InChI=1S/C36H38Cl2FN5O2/c1-19-14-27(43(18-19)35(46)36(3)10-11-36)28-16-25-32(20(2)45)42-33-24(34(25)44(28)22-9-13-41-17-22)15-21(6-5-12-40)29(31(33)39)23-7-4-8-26(37)30(23)38/h4,7-8,15-16,19-20,22,27,41,45H,5-6,9-11,13-14,17-18H2,1-3H3. The van der Waals surface area contributed by atoms with Gasteiger partial charge < -0.3 is 19.9 Å². The van der Waals surface area contributed by atoms with E-state index in [2.05, 4.69) is 40.8 Å². The Morgan fingerprint density at radius 1 is 1.28 bits per heavy atom. The molecule has 0 bridgehead atoms. The highest BCUT2D eigenvalue weighted by Gasteiger charge is 2.51. The molecule has 3 aliphatic rings. The van der Waals surface area contributed by atoms with Gasteiger partial charge in [-0.25, -0.2) is 9.37 Å². The highest BCUT2D eigenvalue weighted by atomic mass is 35.5. The average Bonchev–Trinajstić information content (AvgIpc) is 3.38. The van der Waals surface area contributed by atoms with Gasteiger partial charge in [0, 0.05) is 58.6 Å². The van der Waals surface area contributed by atoms with E-state index in [0.717, 1.165) is 55.4 Å². The first-order valence-corrected chi connectivity index (χ1v) is 17.0.